The zero-order chi connectivity index (χ0) is 9.90. The summed E-state index contributed by atoms with van der Waals surface area (Å²) in [6, 6.07) is 3.51. The van der Waals surface area contributed by atoms with Gasteiger partial charge in [0.1, 0.15) is 5.60 Å². The minimum absolute atomic E-state index is 0.536. The Kier molecular flexibility index (Phi) is 3.28. The van der Waals surface area contributed by atoms with Gasteiger partial charge in [0.15, 0.2) is 0 Å². The Morgan fingerprint density at radius 3 is 2.54 bits per heavy atom. The second-order valence-corrected chi connectivity index (χ2v) is 3.48. The molecule has 1 rings (SSSR count). The second-order valence-electron chi connectivity index (χ2n) is 3.07. The molecule has 13 heavy (non-hydrogen) atoms. The molecule has 0 saturated carbocycles. The number of pyridine rings is 1. The molecule has 1 heterocycles. The van der Waals surface area contributed by atoms with Gasteiger partial charge in [0.2, 0.25) is 0 Å². The Balaban J connectivity index is 3.12. The molecule has 2 nitrogen and oxygen atoms in total. The minimum Gasteiger partial charge on any atom is -0.384 e. The van der Waals surface area contributed by atoms with Crippen LogP contribution in [-0.4, -0.2) is 10.1 Å². The molecule has 0 atom stereocenters. The molecule has 0 unspecified atom stereocenters. The highest BCUT2D eigenvalue weighted by Gasteiger charge is 2.28. The van der Waals surface area contributed by atoms with Crippen LogP contribution in [0.2, 0.25) is 5.02 Å². The summed E-state index contributed by atoms with van der Waals surface area (Å²) in [5.41, 5.74) is -0.292. The zero-order valence-corrected chi connectivity index (χ0v) is 8.67. The van der Waals surface area contributed by atoms with E-state index < -0.39 is 5.60 Å². The topological polar surface area (TPSA) is 33.1 Å². The van der Waals surface area contributed by atoms with Crippen LogP contribution in [0.1, 0.15) is 32.4 Å². The number of aliphatic hydroxyl groups is 1. The molecule has 0 fully saturated rings. The lowest BCUT2D eigenvalue weighted by molar-refractivity contribution is 0.0241. The molecular formula is C10H14ClNO. The van der Waals surface area contributed by atoms with E-state index in [1.807, 2.05) is 13.8 Å². The molecule has 1 aromatic heterocycles. The van der Waals surface area contributed by atoms with Crippen molar-refractivity contribution >= 4 is 11.6 Å². The number of hydrogen-bond acceptors (Lipinski definition) is 2. The average molecular weight is 200 g/mol. The van der Waals surface area contributed by atoms with E-state index in [9.17, 15) is 5.11 Å². The van der Waals surface area contributed by atoms with Crippen molar-refractivity contribution in [3.63, 3.8) is 0 Å². The Morgan fingerprint density at radius 1 is 1.46 bits per heavy atom. The van der Waals surface area contributed by atoms with Gasteiger partial charge >= 0.3 is 0 Å². The van der Waals surface area contributed by atoms with Gasteiger partial charge in [-0.3, -0.25) is 4.98 Å². The molecule has 0 aliphatic carbocycles. The summed E-state index contributed by atoms with van der Waals surface area (Å²) in [5, 5.41) is 10.7. The predicted molar refractivity (Wildman–Crippen MR) is 53.7 cm³/mol. The maximum absolute atomic E-state index is 10.1. The third-order valence-corrected chi connectivity index (χ3v) is 2.67. The van der Waals surface area contributed by atoms with E-state index in [-0.39, 0.29) is 0 Å². The van der Waals surface area contributed by atoms with E-state index in [4.69, 9.17) is 11.6 Å². The van der Waals surface area contributed by atoms with Crippen molar-refractivity contribution in [3.05, 3.63) is 29.0 Å². The van der Waals surface area contributed by atoms with Crippen LogP contribution in [0.5, 0.6) is 0 Å². The molecule has 0 aliphatic rings. The Labute approximate surface area is 83.6 Å². The number of hydrogen-bond donors (Lipinski definition) is 1. The lowest BCUT2D eigenvalue weighted by Crippen LogP contribution is -2.25. The summed E-state index contributed by atoms with van der Waals surface area (Å²) < 4.78 is 0. The van der Waals surface area contributed by atoms with Crippen molar-refractivity contribution in [2.45, 2.75) is 32.3 Å². The highest BCUT2D eigenvalue weighted by atomic mass is 35.5. The molecule has 0 aliphatic heterocycles. The maximum atomic E-state index is 10.1. The second kappa shape index (κ2) is 4.07. The van der Waals surface area contributed by atoms with Gasteiger partial charge < -0.3 is 5.11 Å². The van der Waals surface area contributed by atoms with Gasteiger partial charge in [-0.25, -0.2) is 0 Å². The third-order valence-electron chi connectivity index (χ3n) is 2.37. The first kappa shape index (κ1) is 10.5. The number of rotatable bonds is 3. The van der Waals surface area contributed by atoms with Crippen LogP contribution in [0.4, 0.5) is 0 Å². The van der Waals surface area contributed by atoms with Gasteiger partial charge in [-0.15, -0.1) is 0 Å². The molecule has 0 aromatic carbocycles. The summed E-state index contributed by atoms with van der Waals surface area (Å²) in [6.45, 7) is 3.85. The monoisotopic (exact) mass is 199 g/mol. The molecule has 72 valence electrons. The van der Waals surface area contributed by atoms with Crippen molar-refractivity contribution in [3.8, 4) is 0 Å². The fourth-order valence-electron chi connectivity index (χ4n) is 1.31. The summed E-state index contributed by atoms with van der Waals surface area (Å²) in [5.74, 6) is 0. The van der Waals surface area contributed by atoms with E-state index >= 15 is 0 Å². The van der Waals surface area contributed by atoms with Gasteiger partial charge in [0.25, 0.3) is 0 Å². The standard InChI is InChI=1S/C10H14ClNO/c1-3-10(13,4-2)9-8(11)6-5-7-12-9/h5-7,13H,3-4H2,1-2H3. The van der Waals surface area contributed by atoms with Crippen LogP contribution in [-0.2, 0) is 5.60 Å². The maximum Gasteiger partial charge on any atom is 0.107 e. The molecule has 0 bridgehead atoms. The van der Waals surface area contributed by atoms with E-state index in [0.717, 1.165) is 0 Å². The SMILES string of the molecule is CCC(O)(CC)c1ncccc1Cl. The van der Waals surface area contributed by atoms with Gasteiger partial charge in [-0.05, 0) is 25.0 Å². The lowest BCUT2D eigenvalue weighted by atomic mass is 9.93. The molecule has 0 spiro atoms. The van der Waals surface area contributed by atoms with Crippen molar-refractivity contribution in [1.29, 1.82) is 0 Å². The summed E-state index contributed by atoms with van der Waals surface area (Å²) in [7, 11) is 0. The molecule has 0 saturated heterocycles. The van der Waals surface area contributed by atoms with Crippen molar-refractivity contribution in [2.24, 2.45) is 0 Å². The average Bonchev–Trinajstić information content (AvgIpc) is 2.17. The fourth-order valence-corrected chi connectivity index (χ4v) is 1.61. The zero-order valence-electron chi connectivity index (χ0n) is 7.92. The van der Waals surface area contributed by atoms with E-state index in [1.54, 1.807) is 18.3 Å². The van der Waals surface area contributed by atoms with Crippen LogP contribution >= 0.6 is 11.6 Å². The number of aromatic nitrogens is 1. The third kappa shape index (κ3) is 2.01. The van der Waals surface area contributed by atoms with E-state index in [0.29, 0.717) is 23.6 Å². The van der Waals surface area contributed by atoms with Crippen LogP contribution in [0.25, 0.3) is 0 Å². The summed E-state index contributed by atoms with van der Waals surface area (Å²) >= 11 is 5.94. The first-order valence-corrected chi connectivity index (χ1v) is 4.85. The highest BCUT2D eigenvalue weighted by Crippen LogP contribution is 2.31. The molecular weight excluding hydrogens is 186 g/mol. The number of nitrogens with zero attached hydrogens (tertiary/aromatic N) is 1. The van der Waals surface area contributed by atoms with Gasteiger partial charge in [-0.2, -0.15) is 0 Å². The van der Waals surface area contributed by atoms with E-state index in [2.05, 4.69) is 4.98 Å². The highest BCUT2D eigenvalue weighted by molar-refractivity contribution is 6.31. The lowest BCUT2D eigenvalue weighted by Gasteiger charge is -2.25. The Bertz CT molecular complexity index is 284. The van der Waals surface area contributed by atoms with Crippen LogP contribution in [0.3, 0.4) is 0 Å². The molecule has 3 heteroatoms. The summed E-state index contributed by atoms with van der Waals surface area (Å²) in [4.78, 5) is 4.11. The first-order chi connectivity index (χ1) is 6.14. The largest absolute Gasteiger partial charge is 0.384 e. The van der Waals surface area contributed by atoms with Crippen LogP contribution < -0.4 is 0 Å². The molecule has 1 N–H and O–H groups in total. The Hall–Kier alpha value is -0.600. The number of halogens is 1. The first-order valence-electron chi connectivity index (χ1n) is 4.47. The predicted octanol–water partition coefficient (Wildman–Crippen LogP) is 2.74. The van der Waals surface area contributed by atoms with Crippen molar-refractivity contribution in [1.82, 2.24) is 4.98 Å². The van der Waals surface area contributed by atoms with Crippen LogP contribution in [0.15, 0.2) is 18.3 Å². The van der Waals surface area contributed by atoms with Gasteiger partial charge in [-0.1, -0.05) is 25.4 Å². The fraction of sp³-hybridized carbons (Fsp3) is 0.500. The normalized spacial score (nSPS) is 11.7. The van der Waals surface area contributed by atoms with Crippen LogP contribution in [0, 0.1) is 0 Å². The van der Waals surface area contributed by atoms with Crippen molar-refractivity contribution in [2.75, 3.05) is 0 Å². The smallest absolute Gasteiger partial charge is 0.107 e. The summed E-state index contributed by atoms with van der Waals surface area (Å²) in [6.07, 6.45) is 2.90. The quantitative estimate of drug-likeness (QED) is 0.812. The molecule has 0 radical (unpaired) electrons. The molecule has 1 aromatic rings. The van der Waals surface area contributed by atoms with Gasteiger partial charge in [0.05, 0.1) is 10.7 Å². The molecule has 0 amide bonds. The minimum atomic E-state index is -0.877. The Morgan fingerprint density at radius 2 is 2.08 bits per heavy atom. The van der Waals surface area contributed by atoms with Gasteiger partial charge in [0, 0.05) is 6.20 Å². The van der Waals surface area contributed by atoms with Crippen molar-refractivity contribution < 1.29 is 5.11 Å². The van der Waals surface area contributed by atoms with E-state index in [1.165, 1.54) is 0 Å².